The van der Waals surface area contributed by atoms with Crippen molar-refractivity contribution in [3.8, 4) is 5.75 Å². The van der Waals surface area contributed by atoms with E-state index in [4.69, 9.17) is 14.2 Å². The first-order valence-corrected chi connectivity index (χ1v) is 6.85. The van der Waals surface area contributed by atoms with E-state index in [0.29, 0.717) is 19.0 Å². The molecule has 7 heteroatoms. The summed E-state index contributed by atoms with van der Waals surface area (Å²) in [5.41, 5.74) is 3.18. The van der Waals surface area contributed by atoms with Gasteiger partial charge in [-0.1, -0.05) is 0 Å². The van der Waals surface area contributed by atoms with Crippen LogP contribution in [0.5, 0.6) is 5.75 Å². The summed E-state index contributed by atoms with van der Waals surface area (Å²) in [6, 6.07) is 6.73. The first-order valence-electron chi connectivity index (χ1n) is 6.85. The number of hydrazone groups is 1. The smallest absolute Gasteiger partial charge is 0.308 e. The first kappa shape index (κ1) is 16.1. The van der Waals surface area contributed by atoms with Crippen LogP contribution in [0, 0.1) is 0 Å². The van der Waals surface area contributed by atoms with E-state index < -0.39 is 5.79 Å². The maximum Gasteiger partial charge on any atom is 0.308 e. The SMILES string of the molecule is CC(=O)Oc1ccc(/C=N\NC(=O)CC2(C)OCCO2)cc1. The molecule has 2 rings (SSSR count). The third-order valence-electron chi connectivity index (χ3n) is 2.92. The maximum atomic E-state index is 11.7. The number of benzene rings is 1. The first-order chi connectivity index (χ1) is 10.5. The predicted molar refractivity (Wildman–Crippen MR) is 78.4 cm³/mol. The summed E-state index contributed by atoms with van der Waals surface area (Å²) in [6.45, 7) is 4.03. The zero-order chi connectivity index (χ0) is 16.0. The van der Waals surface area contributed by atoms with Gasteiger partial charge in [-0.3, -0.25) is 9.59 Å². The Morgan fingerprint density at radius 1 is 1.32 bits per heavy atom. The molecule has 1 N–H and O–H groups in total. The van der Waals surface area contributed by atoms with Crippen LogP contribution >= 0.6 is 0 Å². The van der Waals surface area contributed by atoms with Crippen molar-refractivity contribution in [1.82, 2.24) is 5.43 Å². The van der Waals surface area contributed by atoms with Gasteiger partial charge in [0.2, 0.25) is 5.91 Å². The Kier molecular flexibility index (Phi) is 5.24. The van der Waals surface area contributed by atoms with Crippen LogP contribution < -0.4 is 10.2 Å². The second-order valence-corrected chi connectivity index (χ2v) is 4.96. The van der Waals surface area contributed by atoms with E-state index in [1.807, 2.05) is 0 Å². The zero-order valence-electron chi connectivity index (χ0n) is 12.5. The third-order valence-corrected chi connectivity index (χ3v) is 2.92. The molecule has 0 unspecified atom stereocenters. The van der Waals surface area contributed by atoms with E-state index in [-0.39, 0.29) is 18.3 Å². The van der Waals surface area contributed by atoms with Crippen LogP contribution in [-0.2, 0) is 19.1 Å². The highest BCUT2D eigenvalue weighted by atomic mass is 16.7. The fourth-order valence-corrected chi connectivity index (χ4v) is 1.96. The molecule has 0 atom stereocenters. The molecule has 118 valence electrons. The molecular formula is C15H18N2O5. The van der Waals surface area contributed by atoms with Gasteiger partial charge in [0.05, 0.1) is 25.8 Å². The van der Waals surface area contributed by atoms with Crippen molar-refractivity contribution in [2.45, 2.75) is 26.1 Å². The average molecular weight is 306 g/mol. The third kappa shape index (κ3) is 4.94. The lowest BCUT2D eigenvalue weighted by atomic mass is 10.2. The number of carbonyl (C=O) groups excluding carboxylic acids is 2. The molecule has 1 saturated heterocycles. The molecule has 0 radical (unpaired) electrons. The van der Waals surface area contributed by atoms with E-state index >= 15 is 0 Å². The van der Waals surface area contributed by atoms with Gasteiger partial charge in [0.15, 0.2) is 5.79 Å². The van der Waals surface area contributed by atoms with E-state index in [9.17, 15) is 9.59 Å². The largest absolute Gasteiger partial charge is 0.427 e. The molecule has 1 heterocycles. The van der Waals surface area contributed by atoms with Crippen LogP contribution in [0.25, 0.3) is 0 Å². The zero-order valence-corrected chi connectivity index (χ0v) is 12.5. The van der Waals surface area contributed by atoms with Gasteiger partial charge in [-0.15, -0.1) is 0 Å². The molecule has 0 aromatic heterocycles. The van der Waals surface area contributed by atoms with Gasteiger partial charge in [-0.25, -0.2) is 5.43 Å². The Bertz CT molecular complexity index is 562. The van der Waals surface area contributed by atoms with E-state index in [2.05, 4.69) is 10.5 Å². The van der Waals surface area contributed by atoms with Gasteiger partial charge in [0, 0.05) is 6.92 Å². The molecular weight excluding hydrogens is 288 g/mol. The quantitative estimate of drug-likeness (QED) is 0.382. The number of carbonyl (C=O) groups is 2. The van der Waals surface area contributed by atoms with Crippen molar-refractivity contribution in [3.63, 3.8) is 0 Å². The van der Waals surface area contributed by atoms with Crippen molar-refractivity contribution in [2.24, 2.45) is 5.10 Å². The molecule has 1 aliphatic rings. The van der Waals surface area contributed by atoms with Crippen LogP contribution in [0.2, 0.25) is 0 Å². The summed E-state index contributed by atoms with van der Waals surface area (Å²) in [5, 5.41) is 3.86. The number of amides is 1. The molecule has 0 spiro atoms. The highest BCUT2D eigenvalue weighted by molar-refractivity contribution is 5.83. The Morgan fingerprint density at radius 2 is 1.95 bits per heavy atom. The number of nitrogens with one attached hydrogen (secondary N) is 1. The number of hydrogen-bond acceptors (Lipinski definition) is 6. The summed E-state index contributed by atoms with van der Waals surface area (Å²) in [4.78, 5) is 22.5. The van der Waals surface area contributed by atoms with E-state index in [0.717, 1.165) is 5.56 Å². The lowest BCUT2D eigenvalue weighted by Gasteiger charge is -2.20. The van der Waals surface area contributed by atoms with Crippen molar-refractivity contribution in [1.29, 1.82) is 0 Å². The van der Waals surface area contributed by atoms with Crippen LogP contribution in [0.3, 0.4) is 0 Å². The Balaban J connectivity index is 1.81. The summed E-state index contributed by atoms with van der Waals surface area (Å²) < 4.78 is 15.6. The molecule has 22 heavy (non-hydrogen) atoms. The van der Waals surface area contributed by atoms with Crippen molar-refractivity contribution in [2.75, 3.05) is 13.2 Å². The molecule has 7 nitrogen and oxygen atoms in total. The van der Waals surface area contributed by atoms with Crippen LogP contribution in [0.4, 0.5) is 0 Å². The fourth-order valence-electron chi connectivity index (χ4n) is 1.96. The van der Waals surface area contributed by atoms with Gasteiger partial charge < -0.3 is 14.2 Å². The van der Waals surface area contributed by atoms with Crippen LogP contribution in [0.15, 0.2) is 29.4 Å². The van der Waals surface area contributed by atoms with Gasteiger partial charge in [0.25, 0.3) is 0 Å². The maximum absolute atomic E-state index is 11.7. The van der Waals surface area contributed by atoms with Crippen LogP contribution in [-0.4, -0.2) is 37.1 Å². The Morgan fingerprint density at radius 3 is 2.55 bits per heavy atom. The minimum Gasteiger partial charge on any atom is -0.427 e. The minimum atomic E-state index is -0.870. The Hall–Kier alpha value is -2.25. The van der Waals surface area contributed by atoms with E-state index in [1.54, 1.807) is 31.2 Å². The standard InChI is InChI=1S/C15H18N2O5/c1-11(18)22-13-5-3-12(4-6-13)10-16-17-14(19)9-15(2)20-7-8-21-15/h3-6,10H,7-9H2,1-2H3,(H,17,19)/b16-10-. The average Bonchev–Trinajstić information content (AvgIpc) is 2.86. The lowest BCUT2D eigenvalue weighted by molar-refractivity contribution is -0.159. The molecule has 1 aliphatic heterocycles. The normalized spacial score (nSPS) is 16.6. The predicted octanol–water partition coefficient (Wildman–Crippen LogP) is 1.22. The molecule has 1 amide bonds. The number of nitrogens with zero attached hydrogens (tertiary/aromatic N) is 1. The van der Waals surface area contributed by atoms with Gasteiger partial charge in [-0.2, -0.15) is 5.10 Å². The number of esters is 1. The second-order valence-electron chi connectivity index (χ2n) is 4.96. The summed E-state index contributed by atoms with van der Waals surface area (Å²) in [6.07, 6.45) is 1.57. The van der Waals surface area contributed by atoms with Crippen molar-refractivity contribution in [3.05, 3.63) is 29.8 Å². The highest BCUT2D eigenvalue weighted by Gasteiger charge is 2.33. The number of ether oxygens (including phenoxy) is 3. The lowest BCUT2D eigenvalue weighted by Crippen LogP contribution is -2.33. The van der Waals surface area contributed by atoms with Gasteiger partial charge in [-0.05, 0) is 36.8 Å². The minimum absolute atomic E-state index is 0.0791. The van der Waals surface area contributed by atoms with Crippen molar-refractivity contribution < 1.29 is 23.8 Å². The summed E-state index contributed by atoms with van der Waals surface area (Å²) in [5.74, 6) is -1.08. The van der Waals surface area contributed by atoms with Crippen LogP contribution in [0.1, 0.15) is 25.8 Å². The molecule has 0 saturated carbocycles. The topological polar surface area (TPSA) is 86.2 Å². The number of rotatable bonds is 5. The molecule has 1 fully saturated rings. The number of hydrogen-bond donors (Lipinski definition) is 1. The summed E-state index contributed by atoms with van der Waals surface area (Å²) in [7, 11) is 0. The monoisotopic (exact) mass is 306 g/mol. The Labute approximate surface area is 128 Å². The molecule has 0 bridgehead atoms. The highest BCUT2D eigenvalue weighted by Crippen LogP contribution is 2.22. The molecule has 1 aromatic rings. The molecule has 0 aliphatic carbocycles. The van der Waals surface area contributed by atoms with Crippen molar-refractivity contribution >= 4 is 18.1 Å². The second kappa shape index (κ2) is 7.15. The fraction of sp³-hybridized carbons (Fsp3) is 0.400. The molecule has 1 aromatic carbocycles. The van der Waals surface area contributed by atoms with E-state index in [1.165, 1.54) is 13.1 Å². The van der Waals surface area contributed by atoms with Gasteiger partial charge >= 0.3 is 5.97 Å². The van der Waals surface area contributed by atoms with Gasteiger partial charge in [0.1, 0.15) is 5.75 Å². The summed E-state index contributed by atoms with van der Waals surface area (Å²) >= 11 is 0.